The van der Waals surface area contributed by atoms with Crippen molar-refractivity contribution in [3.8, 4) is 22.4 Å². The van der Waals surface area contributed by atoms with E-state index in [9.17, 15) is 4.79 Å². The standard InChI is InChI=1S/C24H23N5OS/c1-3-29-16-22(23(28-29)17-10-12-25-13-11-17)18-6-4-7-19(14-18)26-24(30)27-20-8-5-9-21(15-20)31-2/h4-16H,3H2,1-2H3,(H2,26,27,30). The molecule has 2 aromatic carbocycles. The molecule has 156 valence electrons. The van der Waals surface area contributed by atoms with Gasteiger partial charge in [-0.3, -0.25) is 9.67 Å². The van der Waals surface area contributed by atoms with Gasteiger partial charge in [0.25, 0.3) is 0 Å². The van der Waals surface area contributed by atoms with Gasteiger partial charge in [0.1, 0.15) is 5.69 Å². The molecule has 4 aromatic rings. The van der Waals surface area contributed by atoms with Gasteiger partial charge in [0, 0.05) is 52.5 Å². The number of urea groups is 1. The fourth-order valence-electron chi connectivity index (χ4n) is 3.28. The zero-order valence-corrected chi connectivity index (χ0v) is 18.2. The van der Waals surface area contributed by atoms with Crippen molar-refractivity contribution in [3.05, 3.63) is 79.3 Å². The van der Waals surface area contributed by atoms with Crippen LogP contribution >= 0.6 is 11.8 Å². The Morgan fingerprint density at radius 1 is 0.968 bits per heavy atom. The molecule has 0 unspecified atom stereocenters. The van der Waals surface area contributed by atoms with E-state index in [1.165, 1.54) is 0 Å². The number of nitrogens with one attached hydrogen (secondary N) is 2. The first-order valence-electron chi connectivity index (χ1n) is 9.96. The number of benzene rings is 2. The lowest BCUT2D eigenvalue weighted by Gasteiger charge is -2.10. The molecule has 0 radical (unpaired) electrons. The lowest BCUT2D eigenvalue weighted by molar-refractivity contribution is 0.262. The average Bonchev–Trinajstić information content (AvgIpc) is 3.24. The number of aromatic nitrogens is 3. The second kappa shape index (κ2) is 9.49. The molecular weight excluding hydrogens is 406 g/mol. The predicted molar refractivity (Wildman–Crippen MR) is 127 cm³/mol. The number of rotatable bonds is 6. The van der Waals surface area contributed by atoms with Gasteiger partial charge in [0.15, 0.2) is 0 Å². The summed E-state index contributed by atoms with van der Waals surface area (Å²) in [7, 11) is 0. The van der Waals surface area contributed by atoms with Gasteiger partial charge in [-0.1, -0.05) is 18.2 Å². The molecule has 0 fully saturated rings. The summed E-state index contributed by atoms with van der Waals surface area (Å²) in [4.78, 5) is 17.7. The number of amides is 2. The molecule has 4 rings (SSSR count). The van der Waals surface area contributed by atoms with Crippen LogP contribution in [0.25, 0.3) is 22.4 Å². The summed E-state index contributed by atoms with van der Waals surface area (Å²) in [6.07, 6.45) is 7.56. The number of carbonyl (C=O) groups is 1. The van der Waals surface area contributed by atoms with Crippen LogP contribution in [0, 0.1) is 0 Å². The monoisotopic (exact) mass is 429 g/mol. The Morgan fingerprint density at radius 3 is 2.39 bits per heavy atom. The molecule has 2 aromatic heterocycles. The second-order valence-electron chi connectivity index (χ2n) is 6.87. The maximum absolute atomic E-state index is 12.5. The quantitative estimate of drug-likeness (QED) is 0.369. The van der Waals surface area contributed by atoms with Crippen molar-refractivity contribution in [2.24, 2.45) is 0 Å². The first-order chi connectivity index (χ1) is 15.2. The molecule has 0 spiro atoms. The third-order valence-corrected chi connectivity index (χ3v) is 5.52. The van der Waals surface area contributed by atoms with Crippen molar-refractivity contribution >= 4 is 29.2 Å². The highest BCUT2D eigenvalue weighted by Crippen LogP contribution is 2.32. The van der Waals surface area contributed by atoms with Crippen molar-refractivity contribution in [2.45, 2.75) is 18.4 Å². The molecule has 6 nitrogen and oxygen atoms in total. The van der Waals surface area contributed by atoms with Crippen LogP contribution in [-0.2, 0) is 6.54 Å². The molecule has 0 atom stereocenters. The number of aryl methyl sites for hydroxylation is 1. The fourth-order valence-corrected chi connectivity index (χ4v) is 3.74. The summed E-state index contributed by atoms with van der Waals surface area (Å²) in [5.41, 5.74) is 5.34. The highest BCUT2D eigenvalue weighted by molar-refractivity contribution is 7.98. The van der Waals surface area contributed by atoms with E-state index in [1.807, 2.05) is 77.8 Å². The van der Waals surface area contributed by atoms with Crippen LogP contribution < -0.4 is 10.6 Å². The Morgan fingerprint density at radius 2 is 1.68 bits per heavy atom. The zero-order valence-electron chi connectivity index (χ0n) is 17.4. The largest absolute Gasteiger partial charge is 0.323 e. The van der Waals surface area contributed by atoms with E-state index in [0.29, 0.717) is 5.69 Å². The number of anilines is 2. The van der Waals surface area contributed by atoms with Gasteiger partial charge in [-0.2, -0.15) is 5.10 Å². The van der Waals surface area contributed by atoms with Gasteiger partial charge >= 0.3 is 6.03 Å². The zero-order chi connectivity index (χ0) is 21.6. The molecule has 31 heavy (non-hydrogen) atoms. The maximum Gasteiger partial charge on any atom is 0.323 e. The Balaban J connectivity index is 1.57. The van der Waals surface area contributed by atoms with Crippen LogP contribution in [0.5, 0.6) is 0 Å². The third-order valence-electron chi connectivity index (χ3n) is 4.80. The highest BCUT2D eigenvalue weighted by atomic mass is 32.2. The molecule has 0 aliphatic rings. The van der Waals surface area contributed by atoms with Crippen molar-refractivity contribution in [1.29, 1.82) is 0 Å². The van der Waals surface area contributed by atoms with Crippen molar-refractivity contribution in [1.82, 2.24) is 14.8 Å². The first-order valence-corrected chi connectivity index (χ1v) is 11.2. The summed E-state index contributed by atoms with van der Waals surface area (Å²) >= 11 is 1.63. The summed E-state index contributed by atoms with van der Waals surface area (Å²) in [6.45, 7) is 2.83. The van der Waals surface area contributed by atoms with Crippen LogP contribution in [-0.4, -0.2) is 27.1 Å². The van der Waals surface area contributed by atoms with Crippen LogP contribution in [0.4, 0.5) is 16.2 Å². The van der Waals surface area contributed by atoms with Crippen molar-refractivity contribution in [3.63, 3.8) is 0 Å². The van der Waals surface area contributed by atoms with Crippen molar-refractivity contribution in [2.75, 3.05) is 16.9 Å². The number of nitrogens with zero attached hydrogens (tertiary/aromatic N) is 3. The van der Waals surface area contributed by atoms with Gasteiger partial charge in [0.05, 0.1) is 0 Å². The van der Waals surface area contributed by atoms with Gasteiger partial charge in [-0.05, 0) is 61.2 Å². The van der Waals surface area contributed by atoms with Gasteiger partial charge in [-0.15, -0.1) is 11.8 Å². The van der Waals surface area contributed by atoms with E-state index < -0.39 is 0 Å². The average molecular weight is 430 g/mol. The van der Waals surface area contributed by atoms with E-state index in [-0.39, 0.29) is 6.03 Å². The smallest absolute Gasteiger partial charge is 0.308 e. The second-order valence-corrected chi connectivity index (χ2v) is 7.75. The molecule has 0 aliphatic carbocycles. The molecular formula is C24H23N5OS. The van der Waals surface area contributed by atoms with Gasteiger partial charge in [-0.25, -0.2) is 4.79 Å². The van der Waals surface area contributed by atoms with Crippen LogP contribution in [0.1, 0.15) is 6.92 Å². The SMILES string of the molecule is CCn1cc(-c2cccc(NC(=O)Nc3cccc(SC)c3)c2)c(-c2ccncc2)n1. The van der Waals surface area contributed by atoms with Crippen molar-refractivity contribution < 1.29 is 4.79 Å². The topological polar surface area (TPSA) is 71.8 Å². The minimum Gasteiger partial charge on any atom is -0.308 e. The number of hydrogen-bond donors (Lipinski definition) is 2. The van der Waals surface area contributed by atoms with Crippen LogP contribution in [0.2, 0.25) is 0 Å². The fraction of sp³-hybridized carbons (Fsp3) is 0.125. The molecule has 0 aliphatic heterocycles. The normalized spacial score (nSPS) is 10.6. The third kappa shape index (κ3) is 4.95. The first kappa shape index (κ1) is 20.7. The van der Waals surface area contributed by atoms with E-state index in [2.05, 4.69) is 22.5 Å². The molecule has 2 N–H and O–H groups in total. The van der Waals surface area contributed by atoms with Gasteiger partial charge < -0.3 is 10.6 Å². The van der Waals surface area contributed by atoms with Gasteiger partial charge in [0.2, 0.25) is 0 Å². The molecule has 2 heterocycles. The minimum absolute atomic E-state index is 0.283. The molecule has 0 bridgehead atoms. The Labute approximate surface area is 185 Å². The lowest BCUT2D eigenvalue weighted by atomic mass is 10.0. The Kier molecular flexibility index (Phi) is 6.33. The van der Waals surface area contributed by atoms with E-state index in [1.54, 1.807) is 24.2 Å². The summed E-state index contributed by atoms with van der Waals surface area (Å²) in [6, 6.07) is 19.1. The summed E-state index contributed by atoms with van der Waals surface area (Å²) < 4.78 is 1.91. The number of hydrogen-bond acceptors (Lipinski definition) is 4. The van der Waals surface area contributed by atoms with E-state index in [4.69, 9.17) is 5.10 Å². The van der Waals surface area contributed by atoms with Crippen LogP contribution in [0.3, 0.4) is 0 Å². The highest BCUT2D eigenvalue weighted by Gasteiger charge is 2.14. The van der Waals surface area contributed by atoms with E-state index in [0.717, 1.165) is 39.5 Å². The van der Waals surface area contributed by atoms with E-state index >= 15 is 0 Å². The Hall–Kier alpha value is -3.58. The number of pyridine rings is 1. The molecule has 0 saturated carbocycles. The molecule has 7 heteroatoms. The molecule has 0 saturated heterocycles. The summed E-state index contributed by atoms with van der Waals surface area (Å²) in [5, 5.41) is 10.5. The predicted octanol–water partition coefficient (Wildman–Crippen LogP) is 6.00. The lowest BCUT2D eigenvalue weighted by Crippen LogP contribution is -2.19. The number of carbonyl (C=O) groups excluding carboxylic acids is 1. The molecule has 2 amide bonds. The van der Waals surface area contributed by atoms with Crippen LogP contribution in [0.15, 0.2) is 84.1 Å². The Bertz CT molecular complexity index is 1190. The summed E-state index contributed by atoms with van der Waals surface area (Å²) in [5.74, 6) is 0. The number of thioether (sulfide) groups is 1. The maximum atomic E-state index is 12.5. The minimum atomic E-state index is -0.283.